The van der Waals surface area contributed by atoms with Crippen molar-refractivity contribution in [2.75, 3.05) is 0 Å². The van der Waals surface area contributed by atoms with Gasteiger partial charge in [-0.25, -0.2) is 9.59 Å². The number of aromatic nitrogens is 2. The summed E-state index contributed by atoms with van der Waals surface area (Å²) in [6, 6.07) is 8.52. The first-order valence-electron chi connectivity index (χ1n) is 8.67. The van der Waals surface area contributed by atoms with E-state index in [0.717, 1.165) is 11.1 Å². The van der Waals surface area contributed by atoms with Gasteiger partial charge in [0.25, 0.3) is 5.89 Å². The maximum atomic E-state index is 12.2. The highest BCUT2D eigenvalue weighted by Crippen LogP contribution is 2.19. The van der Waals surface area contributed by atoms with Gasteiger partial charge in [-0.3, -0.25) is 0 Å². The highest BCUT2D eigenvalue weighted by atomic mass is 32.1. The van der Waals surface area contributed by atoms with Gasteiger partial charge in [-0.15, -0.1) is 0 Å². The Morgan fingerprint density at radius 1 is 1.21 bits per heavy atom. The van der Waals surface area contributed by atoms with Gasteiger partial charge in [0.1, 0.15) is 0 Å². The fourth-order valence-electron chi connectivity index (χ4n) is 2.29. The van der Waals surface area contributed by atoms with E-state index in [1.807, 2.05) is 30.7 Å². The normalized spacial score (nSPS) is 10.7. The second kappa shape index (κ2) is 9.14. The molecule has 0 atom stereocenters. The number of benzene rings is 1. The lowest BCUT2D eigenvalue weighted by Crippen LogP contribution is -2.39. The molecule has 0 aliphatic rings. The zero-order chi connectivity index (χ0) is 19.9. The third-order valence-electron chi connectivity index (χ3n) is 3.64. The molecule has 0 aliphatic heterocycles. The maximum Gasteiger partial charge on any atom is 0.338 e. The minimum Gasteiger partial charge on any atom is -0.452 e. The van der Waals surface area contributed by atoms with E-state index >= 15 is 0 Å². The number of thiophene rings is 1. The average molecular weight is 400 g/mol. The van der Waals surface area contributed by atoms with Crippen molar-refractivity contribution in [3.05, 3.63) is 58.1 Å². The van der Waals surface area contributed by atoms with Crippen LogP contribution in [-0.4, -0.2) is 28.2 Å². The van der Waals surface area contributed by atoms with Gasteiger partial charge in [0.2, 0.25) is 5.82 Å². The molecule has 0 saturated carbocycles. The maximum absolute atomic E-state index is 12.2. The molecule has 1 aromatic carbocycles. The van der Waals surface area contributed by atoms with Crippen molar-refractivity contribution in [1.82, 2.24) is 20.8 Å². The fraction of sp³-hybridized carbons (Fsp3) is 0.263. The molecule has 0 saturated heterocycles. The Kier molecular flexibility index (Phi) is 6.38. The third kappa shape index (κ3) is 5.40. The van der Waals surface area contributed by atoms with Crippen LogP contribution in [-0.2, 0) is 17.9 Å². The van der Waals surface area contributed by atoms with E-state index in [1.165, 1.54) is 11.3 Å². The van der Waals surface area contributed by atoms with Gasteiger partial charge in [0.05, 0.1) is 5.56 Å². The molecular weight excluding hydrogens is 380 g/mol. The Balaban J connectivity index is 1.49. The second-order valence-corrected chi connectivity index (χ2v) is 7.06. The van der Waals surface area contributed by atoms with Crippen molar-refractivity contribution in [1.29, 1.82) is 0 Å². The predicted molar refractivity (Wildman–Crippen MR) is 104 cm³/mol. The molecule has 2 aromatic heterocycles. The second-order valence-electron chi connectivity index (χ2n) is 6.28. The summed E-state index contributed by atoms with van der Waals surface area (Å²) in [5, 5.41) is 13.2. The molecular formula is C19H20N4O4S. The number of carbonyl (C=O) groups is 2. The Morgan fingerprint density at radius 3 is 2.68 bits per heavy atom. The lowest BCUT2D eigenvalue weighted by Gasteiger charge is -2.10. The number of hydrogen-bond acceptors (Lipinski definition) is 7. The van der Waals surface area contributed by atoms with Gasteiger partial charge in [0, 0.05) is 23.5 Å². The lowest BCUT2D eigenvalue weighted by atomic mass is 10.1. The van der Waals surface area contributed by atoms with Crippen LogP contribution in [0, 0.1) is 0 Å². The standard InChI is InChI=1S/C19H20N4O4S/c1-12(2)21-19(25)20-9-13-3-5-14(6-4-13)18(24)26-10-16-22-17(23-27-16)15-7-8-28-11-15/h3-8,11-12H,9-10H2,1-2H3,(H2,20,21,25). The molecule has 3 rings (SSSR count). The highest BCUT2D eigenvalue weighted by molar-refractivity contribution is 7.08. The third-order valence-corrected chi connectivity index (χ3v) is 4.32. The van der Waals surface area contributed by atoms with E-state index in [1.54, 1.807) is 24.3 Å². The quantitative estimate of drug-likeness (QED) is 0.589. The van der Waals surface area contributed by atoms with Gasteiger partial charge in [-0.05, 0) is 43.0 Å². The van der Waals surface area contributed by atoms with E-state index in [9.17, 15) is 9.59 Å². The number of amides is 2. The Labute approximate surface area is 165 Å². The van der Waals surface area contributed by atoms with Crippen molar-refractivity contribution in [3.63, 3.8) is 0 Å². The average Bonchev–Trinajstić information content (AvgIpc) is 3.36. The summed E-state index contributed by atoms with van der Waals surface area (Å²) in [4.78, 5) is 27.9. The van der Waals surface area contributed by atoms with Crippen LogP contribution in [0.25, 0.3) is 11.4 Å². The van der Waals surface area contributed by atoms with Gasteiger partial charge < -0.3 is 19.9 Å². The van der Waals surface area contributed by atoms with Crippen molar-refractivity contribution in [2.24, 2.45) is 0 Å². The van der Waals surface area contributed by atoms with Crippen LogP contribution in [0.1, 0.15) is 35.7 Å². The Hall–Kier alpha value is -3.20. The predicted octanol–water partition coefficient (Wildman–Crippen LogP) is 3.36. The minimum absolute atomic E-state index is 0.0670. The summed E-state index contributed by atoms with van der Waals surface area (Å²) in [5.41, 5.74) is 2.12. The number of esters is 1. The Bertz CT molecular complexity index is 920. The first-order chi connectivity index (χ1) is 13.5. The number of carbonyl (C=O) groups excluding carboxylic acids is 2. The van der Waals surface area contributed by atoms with Crippen LogP contribution in [0.4, 0.5) is 4.79 Å². The zero-order valence-electron chi connectivity index (χ0n) is 15.5. The molecule has 28 heavy (non-hydrogen) atoms. The molecule has 3 aromatic rings. The topological polar surface area (TPSA) is 106 Å². The van der Waals surface area contributed by atoms with Gasteiger partial charge in [-0.1, -0.05) is 17.3 Å². The van der Waals surface area contributed by atoms with Crippen molar-refractivity contribution in [2.45, 2.75) is 33.0 Å². The molecule has 2 heterocycles. The summed E-state index contributed by atoms with van der Waals surface area (Å²) < 4.78 is 10.3. The smallest absolute Gasteiger partial charge is 0.338 e. The van der Waals surface area contributed by atoms with E-state index in [-0.39, 0.29) is 24.6 Å². The van der Waals surface area contributed by atoms with E-state index < -0.39 is 5.97 Å². The van der Waals surface area contributed by atoms with Crippen molar-refractivity contribution < 1.29 is 18.8 Å². The largest absolute Gasteiger partial charge is 0.452 e. The number of rotatable bonds is 7. The molecule has 0 unspecified atom stereocenters. The fourth-order valence-corrected chi connectivity index (χ4v) is 2.92. The monoisotopic (exact) mass is 400 g/mol. The Morgan fingerprint density at radius 2 is 2.00 bits per heavy atom. The molecule has 0 radical (unpaired) electrons. The van der Waals surface area contributed by atoms with Crippen molar-refractivity contribution >= 4 is 23.3 Å². The summed E-state index contributed by atoms with van der Waals surface area (Å²) >= 11 is 1.53. The number of urea groups is 1. The summed E-state index contributed by atoms with van der Waals surface area (Å²) in [5.74, 6) is 0.199. The van der Waals surface area contributed by atoms with Gasteiger partial charge in [0.15, 0.2) is 6.61 Å². The highest BCUT2D eigenvalue weighted by Gasteiger charge is 2.13. The van der Waals surface area contributed by atoms with E-state index in [0.29, 0.717) is 17.9 Å². The van der Waals surface area contributed by atoms with Crippen LogP contribution in [0.2, 0.25) is 0 Å². The number of nitrogens with zero attached hydrogens (tertiary/aromatic N) is 2. The molecule has 146 valence electrons. The molecule has 9 heteroatoms. The molecule has 2 N–H and O–H groups in total. The van der Waals surface area contributed by atoms with Crippen molar-refractivity contribution in [3.8, 4) is 11.4 Å². The molecule has 2 amide bonds. The van der Waals surface area contributed by atoms with E-state index in [2.05, 4.69) is 20.8 Å². The molecule has 0 aliphatic carbocycles. The summed E-state index contributed by atoms with van der Waals surface area (Å²) in [7, 11) is 0. The van der Waals surface area contributed by atoms with Crippen LogP contribution in [0.15, 0.2) is 45.6 Å². The van der Waals surface area contributed by atoms with Crippen LogP contribution >= 0.6 is 11.3 Å². The van der Waals surface area contributed by atoms with Crippen LogP contribution in [0.3, 0.4) is 0 Å². The molecule has 0 spiro atoms. The van der Waals surface area contributed by atoms with Gasteiger partial charge >= 0.3 is 12.0 Å². The zero-order valence-corrected chi connectivity index (χ0v) is 16.3. The molecule has 8 nitrogen and oxygen atoms in total. The van der Waals surface area contributed by atoms with E-state index in [4.69, 9.17) is 9.26 Å². The minimum atomic E-state index is -0.493. The first kappa shape index (κ1) is 19.6. The summed E-state index contributed by atoms with van der Waals surface area (Å²) in [6.07, 6.45) is 0. The molecule has 0 bridgehead atoms. The van der Waals surface area contributed by atoms with Gasteiger partial charge in [-0.2, -0.15) is 16.3 Å². The lowest BCUT2D eigenvalue weighted by molar-refractivity contribution is 0.0430. The van der Waals surface area contributed by atoms with Crippen LogP contribution in [0.5, 0.6) is 0 Å². The summed E-state index contributed by atoms with van der Waals surface area (Å²) in [6.45, 7) is 4.03. The van der Waals surface area contributed by atoms with Crippen LogP contribution < -0.4 is 10.6 Å². The number of nitrogens with one attached hydrogen (secondary N) is 2. The first-order valence-corrected chi connectivity index (χ1v) is 9.61. The number of hydrogen-bond donors (Lipinski definition) is 2. The number of ether oxygens (including phenoxy) is 1. The molecule has 0 fully saturated rings. The SMILES string of the molecule is CC(C)NC(=O)NCc1ccc(C(=O)OCc2nc(-c3ccsc3)no2)cc1.